The van der Waals surface area contributed by atoms with Crippen molar-refractivity contribution in [2.24, 2.45) is 4.40 Å². The van der Waals surface area contributed by atoms with Crippen molar-refractivity contribution in [2.45, 2.75) is 4.90 Å². The first-order valence-electron chi connectivity index (χ1n) is 5.99. The molecule has 3 rings (SSSR count). The second-order valence-electron chi connectivity index (χ2n) is 4.18. The number of sulfonamides is 1. The zero-order valence-electron chi connectivity index (χ0n) is 10.4. The van der Waals surface area contributed by atoms with Crippen LogP contribution in [-0.4, -0.2) is 8.42 Å². The summed E-state index contributed by atoms with van der Waals surface area (Å²) >= 11 is 0. The topological polar surface area (TPSA) is 59.6 Å². The Morgan fingerprint density at radius 1 is 0.850 bits per heavy atom. The van der Waals surface area contributed by atoms with Gasteiger partial charge in [0.15, 0.2) is 0 Å². The summed E-state index contributed by atoms with van der Waals surface area (Å²) in [6.07, 6.45) is 1.43. The molecular weight excluding hydrogens is 274 g/mol. The van der Waals surface area contributed by atoms with Crippen molar-refractivity contribution in [3.8, 4) is 0 Å². The van der Waals surface area contributed by atoms with Crippen LogP contribution >= 0.6 is 0 Å². The van der Waals surface area contributed by atoms with E-state index in [0.717, 1.165) is 0 Å². The maximum atomic E-state index is 12.2. The van der Waals surface area contributed by atoms with E-state index in [2.05, 4.69) is 4.40 Å². The minimum Gasteiger partial charge on any atom is -0.464 e. The Kier molecular flexibility index (Phi) is 3.12. The van der Waals surface area contributed by atoms with Gasteiger partial charge in [-0.2, -0.15) is 12.8 Å². The van der Waals surface area contributed by atoms with Crippen LogP contribution in [0.2, 0.25) is 0 Å². The first-order valence-corrected chi connectivity index (χ1v) is 7.43. The normalized spacial score (nSPS) is 12.7. The van der Waals surface area contributed by atoms with Crippen LogP contribution in [0.5, 0.6) is 0 Å². The van der Waals surface area contributed by atoms with Gasteiger partial charge in [-0.05, 0) is 24.3 Å². The van der Waals surface area contributed by atoms with Gasteiger partial charge in [-0.25, -0.2) is 0 Å². The maximum Gasteiger partial charge on any atom is 0.282 e. The van der Waals surface area contributed by atoms with Gasteiger partial charge in [0.25, 0.3) is 10.0 Å². The molecule has 0 unspecified atom stereocenters. The molecule has 20 heavy (non-hydrogen) atoms. The molecule has 0 aliphatic carbocycles. The lowest BCUT2D eigenvalue weighted by molar-refractivity contribution is 0.595. The number of benzene rings is 2. The number of rotatable bonds is 2. The lowest BCUT2D eigenvalue weighted by atomic mass is 10.2. The number of nitrogens with zero attached hydrogens (tertiary/aromatic N) is 1. The van der Waals surface area contributed by atoms with E-state index in [0.29, 0.717) is 16.3 Å². The Morgan fingerprint density at radius 2 is 1.55 bits per heavy atom. The highest BCUT2D eigenvalue weighted by molar-refractivity contribution is 7.90. The molecule has 0 N–H and O–H groups in total. The van der Waals surface area contributed by atoms with Crippen molar-refractivity contribution >= 4 is 21.0 Å². The van der Waals surface area contributed by atoms with E-state index < -0.39 is 10.0 Å². The van der Waals surface area contributed by atoms with Crippen LogP contribution in [0.15, 0.2) is 80.6 Å². The minimum atomic E-state index is -3.72. The summed E-state index contributed by atoms with van der Waals surface area (Å²) < 4.78 is 33.7. The third-order valence-electron chi connectivity index (χ3n) is 2.84. The van der Waals surface area contributed by atoms with Crippen molar-refractivity contribution in [2.75, 3.05) is 0 Å². The average molecular weight is 285 g/mol. The highest BCUT2D eigenvalue weighted by Gasteiger charge is 2.11. The molecule has 2 aromatic carbocycles. The molecule has 0 saturated carbocycles. The summed E-state index contributed by atoms with van der Waals surface area (Å²) in [5, 5.41) is 1.03. The molecule has 0 atom stereocenters. The smallest absolute Gasteiger partial charge is 0.282 e. The van der Waals surface area contributed by atoms with Crippen LogP contribution in [0.25, 0.3) is 11.0 Å². The zero-order chi connectivity index (χ0) is 14.0. The Hall–Kier alpha value is -2.40. The maximum absolute atomic E-state index is 12.2. The van der Waals surface area contributed by atoms with Crippen LogP contribution in [-0.2, 0) is 10.0 Å². The van der Waals surface area contributed by atoms with Gasteiger partial charge in [0.1, 0.15) is 5.58 Å². The fraction of sp³-hybridized carbons (Fsp3) is 0. The van der Waals surface area contributed by atoms with Gasteiger partial charge in [-0.3, -0.25) is 0 Å². The molecule has 100 valence electrons. The Labute approximate surface area is 116 Å². The Balaban J connectivity index is 2.26. The van der Waals surface area contributed by atoms with E-state index in [1.54, 1.807) is 36.4 Å². The van der Waals surface area contributed by atoms with Crippen LogP contribution in [0.3, 0.4) is 0 Å². The summed E-state index contributed by atoms with van der Waals surface area (Å²) in [6.45, 7) is 0. The van der Waals surface area contributed by atoms with Crippen molar-refractivity contribution in [1.82, 2.24) is 0 Å². The molecule has 0 fully saturated rings. The second kappa shape index (κ2) is 4.94. The predicted molar refractivity (Wildman–Crippen MR) is 75.4 cm³/mol. The molecule has 0 aliphatic heterocycles. The molecule has 5 heteroatoms. The molecule has 3 aromatic rings. The number of para-hydroxylation sites is 1. The van der Waals surface area contributed by atoms with Crippen molar-refractivity contribution in [3.63, 3.8) is 0 Å². The number of hydrogen-bond acceptors (Lipinski definition) is 3. The fourth-order valence-electron chi connectivity index (χ4n) is 1.90. The van der Waals surface area contributed by atoms with Crippen LogP contribution in [0, 0.1) is 0 Å². The van der Waals surface area contributed by atoms with E-state index in [1.165, 1.54) is 18.4 Å². The third-order valence-corrected chi connectivity index (χ3v) is 4.15. The molecule has 0 spiro atoms. The Morgan fingerprint density at radius 3 is 2.35 bits per heavy atom. The first-order chi connectivity index (χ1) is 9.67. The fourth-order valence-corrected chi connectivity index (χ4v) is 2.92. The van der Waals surface area contributed by atoms with Gasteiger partial charge < -0.3 is 4.42 Å². The summed E-state index contributed by atoms with van der Waals surface area (Å²) in [5.41, 5.74) is 0.594. The molecule has 0 saturated heterocycles. The summed E-state index contributed by atoms with van der Waals surface area (Å²) in [7, 11) is -3.72. The highest BCUT2D eigenvalue weighted by Crippen LogP contribution is 2.12. The molecule has 0 aliphatic rings. The molecule has 4 nitrogen and oxygen atoms in total. The third kappa shape index (κ3) is 2.35. The largest absolute Gasteiger partial charge is 0.464 e. The number of hydrogen-bond donors (Lipinski definition) is 0. The van der Waals surface area contributed by atoms with Gasteiger partial charge in [0, 0.05) is 11.5 Å². The summed E-state index contributed by atoms with van der Waals surface area (Å²) in [4.78, 5) is 0.171. The second-order valence-corrected chi connectivity index (χ2v) is 5.79. The van der Waals surface area contributed by atoms with E-state index >= 15 is 0 Å². The van der Waals surface area contributed by atoms with Crippen molar-refractivity contribution < 1.29 is 12.8 Å². The number of fused-ring (bicyclic) bond motifs is 1. The molecule has 1 heterocycles. The minimum absolute atomic E-state index is 0.171. The van der Waals surface area contributed by atoms with E-state index in [-0.39, 0.29) is 4.90 Å². The standard InChI is InChI=1S/C15H11NO3S/c17-20(18,12-6-2-1-3-7-12)16-14-10-11-19-15-9-5-4-8-13(14)15/h1-11H. The van der Waals surface area contributed by atoms with Crippen LogP contribution in [0.1, 0.15) is 0 Å². The molecule has 1 aromatic heterocycles. The van der Waals surface area contributed by atoms with E-state index in [9.17, 15) is 8.42 Å². The predicted octanol–water partition coefficient (Wildman–Crippen LogP) is 2.72. The summed E-state index contributed by atoms with van der Waals surface area (Å²) in [5.74, 6) is 0. The monoisotopic (exact) mass is 285 g/mol. The lowest BCUT2D eigenvalue weighted by Gasteiger charge is -1.99. The molecule has 0 bridgehead atoms. The van der Waals surface area contributed by atoms with Crippen molar-refractivity contribution in [1.29, 1.82) is 0 Å². The van der Waals surface area contributed by atoms with Gasteiger partial charge in [-0.15, -0.1) is 0 Å². The molecule has 0 amide bonds. The van der Waals surface area contributed by atoms with Gasteiger partial charge in [0.05, 0.1) is 16.5 Å². The van der Waals surface area contributed by atoms with Crippen LogP contribution < -0.4 is 5.36 Å². The lowest BCUT2D eigenvalue weighted by Crippen LogP contribution is -2.08. The average Bonchev–Trinajstić information content (AvgIpc) is 2.48. The quantitative estimate of drug-likeness (QED) is 0.727. The highest BCUT2D eigenvalue weighted by atomic mass is 32.2. The molecule has 0 radical (unpaired) electrons. The Bertz CT molecular complexity index is 907. The van der Waals surface area contributed by atoms with E-state index in [1.807, 2.05) is 12.1 Å². The van der Waals surface area contributed by atoms with Gasteiger partial charge in [-0.1, -0.05) is 30.3 Å². The van der Waals surface area contributed by atoms with Gasteiger partial charge in [0.2, 0.25) is 0 Å². The SMILES string of the molecule is O=S(=O)(N=c1ccoc2ccccc12)c1ccccc1. The summed E-state index contributed by atoms with van der Waals surface area (Å²) in [6, 6.07) is 16.9. The molecular formula is C15H11NO3S. The van der Waals surface area contributed by atoms with Gasteiger partial charge >= 0.3 is 0 Å². The van der Waals surface area contributed by atoms with Crippen molar-refractivity contribution in [3.05, 3.63) is 72.3 Å². The zero-order valence-corrected chi connectivity index (χ0v) is 11.2. The van der Waals surface area contributed by atoms with Crippen LogP contribution in [0.4, 0.5) is 0 Å². The van der Waals surface area contributed by atoms with E-state index in [4.69, 9.17) is 4.42 Å². The first kappa shape index (κ1) is 12.6.